The number of nitrogens with one attached hydrogen (secondary N) is 2. The Bertz CT molecular complexity index is 1080. The van der Waals surface area contributed by atoms with Gasteiger partial charge in [-0.3, -0.25) is 4.79 Å². The van der Waals surface area contributed by atoms with Gasteiger partial charge in [-0.05, 0) is 36.5 Å². The predicted molar refractivity (Wildman–Crippen MR) is 124 cm³/mol. The molecule has 1 amide bonds. The summed E-state index contributed by atoms with van der Waals surface area (Å²) in [5, 5.41) is 7.43. The molecule has 1 fully saturated rings. The van der Waals surface area contributed by atoms with E-state index in [1.807, 2.05) is 47.4 Å². The first-order valence-electron chi connectivity index (χ1n) is 10.8. The number of hydrogen-bond acceptors (Lipinski definition) is 4. The minimum Gasteiger partial charge on any atom is -0.377 e. The number of hydrogen-bond donors (Lipinski definition) is 2. The number of carbonyl (C=O) groups is 1. The summed E-state index contributed by atoms with van der Waals surface area (Å²) >= 11 is 6.32. The Kier molecular flexibility index (Phi) is 5.55. The average molecular weight is 436 g/mol. The van der Waals surface area contributed by atoms with Crippen molar-refractivity contribution in [2.45, 2.75) is 25.9 Å². The van der Waals surface area contributed by atoms with Crippen LogP contribution in [0.25, 0.3) is 0 Å². The van der Waals surface area contributed by atoms with Gasteiger partial charge in [-0.25, -0.2) is 4.98 Å². The van der Waals surface area contributed by atoms with Gasteiger partial charge in [0.25, 0.3) is 5.91 Å². The fourth-order valence-corrected chi connectivity index (χ4v) is 4.24. The SMILES string of the molecule is O=C1c2c(nc(CNc3ccccc3Cl)n2Cc2ccccc2)NCCN1CC1CC1. The lowest BCUT2D eigenvalue weighted by Crippen LogP contribution is -2.35. The van der Waals surface area contributed by atoms with Crippen molar-refractivity contribution < 1.29 is 4.79 Å². The summed E-state index contributed by atoms with van der Waals surface area (Å²) in [5.74, 6) is 2.20. The lowest BCUT2D eigenvalue weighted by molar-refractivity contribution is 0.0749. The Hall–Kier alpha value is -2.99. The number of fused-ring (bicyclic) bond motifs is 1. The van der Waals surface area contributed by atoms with E-state index in [4.69, 9.17) is 16.6 Å². The van der Waals surface area contributed by atoms with Gasteiger partial charge in [0.2, 0.25) is 0 Å². The molecule has 3 aromatic rings. The minimum absolute atomic E-state index is 0.0688. The van der Waals surface area contributed by atoms with E-state index in [2.05, 4.69) is 27.3 Å². The predicted octanol–water partition coefficient (Wildman–Crippen LogP) is 4.47. The highest BCUT2D eigenvalue weighted by molar-refractivity contribution is 6.33. The van der Waals surface area contributed by atoms with Crippen molar-refractivity contribution in [3.63, 3.8) is 0 Å². The molecule has 160 valence electrons. The molecule has 31 heavy (non-hydrogen) atoms. The normalized spacial score (nSPS) is 15.9. The number of anilines is 2. The summed E-state index contributed by atoms with van der Waals surface area (Å²) in [7, 11) is 0. The number of carbonyl (C=O) groups excluding carboxylic acids is 1. The first kappa shape index (κ1) is 19.9. The third-order valence-corrected chi connectivity index (χ3v) is 6.21. The molecule has 0 bridgehead atoms. The van der Waals surface area contributed by atoms with Crippen LogP contribution in [0.4, 0.5) is 11.5 Å². The van der Waals surface area contributed by atoms with Crippen molar-refractivity contribution in [2.75, 3.05) is 30.3 Å². The Labute approximate surface area is 187 Å². The lowest BCUT2D eigenvalue weighted by Gasteiger charge is -2.21. The van der Waals surface area contributed by atoms with E-state index in [0.29, 0.717) is 48.6 Å². The van der Waals surface area contributed by atoms with Crippen molar-refractivity contribution >= 4 is 29.0 Å². The summed E-state index contributed by atoms with van der Waals surface area (Å²) in [5.41, 5.74) is 2.63. The van der Waals surface area contributed by atoms with Crippen LogP contribution in [0, 0.1) is 5.92 Å². The van der Waals surface area contributed by atoms with Gasteiger partial charge >= 0.3 is 0 Å². The fourth-order valence-electron chi connectivity index (χ4n) is 4.04. The highest BCUT2D eigenvalue weighted by atomic mass is 35.5. The molecule has 1 aliphatic carbocycles. The van der Waals surface area contributed by atoms with Crippen molar-refractivity contribution in [3.8, 4) is 0 Å². The van der Waals surface area contributed by atoms with Crippen LogP contribution in [0.2, 0.25) is 5.02 Å². The van der Waals surface area contributed by atoms with Crippen LogP contribution in [0.1, 0.15) is 34.7 Å². The first-order chi connectivity index (χ1) is 15.2. The monoisotopic (exact) mass is 435 g/mol. The Morgan fingerprint density at radius 3 is 2.65 bits per heavy atom. The lowest BCUT2D eigenvalue weighted by atomic mass is 10.2. The number of imidazole rings is 1. The zero-order valence-corrected chi connectivity index (χ0v) is 18.1. The Balaban J connectivity index is 1.49. The third kappa shape index (κ3) is 4.39. The van der Waals surface area contributed by atoms with Gasteiger partial charge in [-0.15, -0.1) is 0 Å². The van der Waals surface area contributed by atoms with Crippen LogP contribution in [-0.4, -0.2) is 40.0 Å². The second kappa shape index (κ2) is 8.63. The van der Waals surface area contributed by atoms with Gasteiger partial charge in [0.15, 0.2) is 11.5 Å². The van der Waals surface area contributed by atoms with E-state index in [1.54, 1.807) is 0 Å². The van der Waals surface area contributed by atoms with Crippen LogP contribution < -0.4 is 10.6 Å². The van der Waals surface area contributed by atoms with Gasteiger partial charge in [0.1, 0.15) is 5.82 Å². The van der Waals surface area contributed by atoms with Gasteiger partial charge in [0, 0.05) is 26.2 Å². The quantitative estimate of drug-likeness (QED) is 0.574. The van der Waals surface area contributed by atoms with E-state index < -0.39 is 0 Å². The number of amides is 1. The van der Waals surface area contributed by atoms with Crippen molar-refractivity contribution in [2.24, 2.45) is 5.92 Å². The highest BCUT2D eigenvalue weighted by Crippen LogP contribution is 2.32. The Morgan fingerprint density at radius 1 is 1.10 bits per heavy atom. The molecule has 1 aliphatic heterocycles. The molecule has 7 heteroatoms. The summed E-state index contributed by atoms with van der Waals surface area (Å²) in [6, 6.07) is 17.8. The molecule has 2 N–H and O–H groups in total. The molecular weight excluding hydrogens is 410 g/mol. The van der Waals surface area contributed by atoms with Crippen molar-refractivity contribution in [1.29, 1.82) is 0 Å². The molecule has 2 aromatic carbocycles. The molecule has 1 aromatic heterocycles. The van der Waals surface area contributed by atoms with Gasteiger partial charge < -0.3 is 20.1 Å². The van der Waals surface area contributed by atoms with Crippen LogP contribution in [-0.2, 0) is 13.1 Å². The molecule has 0 unspecified atom stereocenters. The molecule has 2 aliphatic rings. The average Bonchev–Trinajstić information content (AvgIpc) is 3.56. The standard InChI is InChI=1S/C24H26ClN5O/c25-19-8-4-5-9-20(19)27-14-21-28-23-22(30(21)16-17-6-2-1-3-7-17)24(31)29(13-12-26-23)15-18-10-11-18/h1-9,18,26-27H,10-16H2. The van der Waals surface area contributed by atoms with Crippen LogP contribution in [0.15, 0.2) is 54.6 Å². The largest absolute Gasteiger partial charge is 0.377 e. The van der Waals surface area contributed by atoms with Crippen LogP contribution >= 0.6 is 11.6 Å². The number of rotatable bonds is 7. The van der Waals surface area contributed by atoms with E-state index in [0.717, 1.165) is 23.6 Å². The number of benzene rings is 2. The summed E-state index contributed by atoms with van der Waals surface area (Å²) in [6.45, 7) is 3.33. The zero-order chi connectivity index (χ0) is 21.2. The summed E-state index contributed by atoms with van der Waals surface area (Å²) in [4.78, 5) is 20.4. The second-order valence-electron chi connectivity index (χ2n) is 8.25. The summed E-state index contributed by atoms with van der Waals surface area (Å²) in [6.07, 6.45) is 2.45. The molecule has 0 saturated heterocycles. The third-order valence-electron chi connectivity index (χ3n) is 5.88. The molecule has 6 nitrogen and oxygen atoms in total. The van der Waals surface area contributed by atoms with Crippen LogP contribution in [0.5, 0.6) is 0 Å². The number of nitrogens with zero attached hydrogens (tertiary/aromatic N) is 3. The smallest absolute Gasteiger partial charge is 0.274 e. The minimum atomic E-state index is 0.0688. The fraction of sp³-hybridized carbons (Fsp3) is 0.333. The highest BCUT2D eigenvalue weighted by Gasteiger charge is 2.33. The molecule has 1 saturated carbocycles. The maximum absolute atomic E-state index is 13.5. The van der Waals surface area contributed by atoms with E-state index >= 15 is 0 Å². The number of aromatic nitrogens is 2. The van der Waals surface area contributed by atoms with Gasteiger partial charge in [-0.2, -0.15) is 0 Å². The maximum atomic E-state index is 13.5. The molecule has 2 heterocycles. The maximum Gasteiger partial charge on any atom is 0.274 e. The molecule has 0 atom stereocenters. The van der Waals surface area contributed by atoms with E-state index in [1.165, 1.54) is 12.8 Å². The van der Waals surface area contributed by atoms with Crippen LogP contribution in [0.3, 0.4) is 0 Å². The topological polar surface area (TPSA) is 62.2 Å². The van der Waals surface area contributed by atoms with Gasteiger partial charge in [0.05, 0.1) is 17.3 Å². The van der Waals surface area contributed by atoms with Gasteiger partial charge in [-0.1, -0.05) is 54.1 Å². The number of para-hydroxylation sites is 1. The van der Waals surface area contributed by atoms with E-state index in [-0.39, 0.29) is 5.91 Å². The second-order valence-corrected chi connectivity index (χ2v) is 8.66. The molecule has 0 spiro atoms. The molecular formula is C24H26ClN5O. The van der Waals surface area contributed by atoms with E-state index in [9.17, 15) is 4.79 Å². The molecule has 0 radical (unpaired) electrons. The Morgan fingerprint density at radius 2 is 1.87 bits per heavy atom. The van der Waals surface area contributed by atoms with Crippen molar-refractivity contribution in [1.82, 2.24) is 14.5 Å². The first-order valence-corrected chi connectivity index (χ1v) is 11.2. The number of halogens is 1. The molecule has 5 rings (SSSR count). The zero-order valence-electron chi connectivity index (χ0n) is 17.4. The van der Waals surface area contributed by atoms with Crippen molar-refractivity contribution in [3.05, 3.63) is 76.7 Å². The summed E-state index contributed by atoms with van der Waals surface area (Å²) < 4.78 is 2.05.